The number of aliphatic hydroxyl groups is 1. The largest absolute Gasteiger partial charge is 0.443 e. The van der Waals surface area contributed by atoms with E-state index in [1.54, 1.807) is 24.7 Å². The summed E-state index contributed by atoms with van der Waals surface area (Å²) >= 11 is 0. The summed E-state index contributed by atoms with van der Waals surface area (Å²) in [6.45, 7) is 5.29. The quantitative estimate of drug-likeness (QED) is 0.841. The van der Waals surface area contributed by atoms with Gasteiger partial charge in [-0.15, -0.1) is 0 Å². The Morgan fingerprint density at radius 1 is 1.50 bits per heavy atom. The van der Waals surface area contributed by atoms with Gasteiger partial charge in [0.25, 0.3) is 0 Å². The van der Waals surface area contributed by atoms with Crippen LogP contribution in [-0.2, 0) is 11.3 Å². The highest BCUT2D eigenvalue weighted by Gasteiger charge is 2.20. The zero-order valence-electron chi connectivity index (χ0n) is 10.7. The molecule has 0 atom stereocenters. The normalized spacial score (nSPS) is 11.8. The molecule has 2 aromatic rings. The third-order valence-electron chi connectivity index (χ3n) is 2.45. The third kappa shape index (κ3) is 2.36. The molecule has 1 N–H and O–H groups in total. The summed E-state index contributed by atoms with van der Waals surface area (Å²) in [4.78, 5) is 16.0. The van der Waals surface area contributed by atoms with Crippen LogP contribution in [0.25, 0.3) is 10.9 Å². The van der Waals surface area contributed by atoms with Crippen LogP contribution in [0.1, 0.15) is 26.3 Å². The molecular formula is C13H16N2O3. The number of rotatable bonds is 1. The summed E-state index contributed by atoms with van der Waals surface area (Å²) in [5.74, 6) is 0. The van der Waals surface area contributed by atoms with Crippen molar-refractivity contribution < 1.29 is 14.6 Å². The Morgan fingerprint density at radius 3 is 2.83 bits per heavy atom. The summed E-state index contributed by atoms with van der Waals surface area (Å²) < 4.78 is 6.68. The second-order valence-corrected chi connectivity index (χ2v) is 5.06. The number of fused-ring (bicyclic) bond motifs is 1. The maximum atomic E-state index is 12.0. The fraction of sp³-hybridized carbons (Fsp3) is 0.385. The van der Waals surface area contributed by atoms with E-state index >= 15 is 0 Å². The SMILES string of the molecule is CC(C)(C)OC(=O)n1cc(CO)c2ccncc21. The molecule has 0 aromatic carbocycles. The molecule has 0 aliphatic rings. The minimum Gasteiger partial charge on any atom is -0.443 e. The van der Waals surface area contributed by atoms with Gasteiger partial charge in [-0.25, -0.2) is 4.79 Å². The lowest BCUT2D eigenvalue weighted by molar-refractivity contribution is 0.0544. The first kappa shape index (κ1) is 12.6. The number of pyridine rings is 1. The molecule has 0 fully saturated rings. The van der Waals surface area contributed by atoms with Gasteiger partial charge in [-0.05, 0) is 26.8 Å². The van der Waals surface area contributed by atoms with Gasteiger partial charge in [0.1, 0.15) is 5.60 Å². The second kappa shape index (κ2) is 4.42. The van der Waals surface area contributed by atoms with Crippen molar-refractivity contribution in [1.82, 2.24) is 9.55 Å². The molecule has 0 aliphatic carbocycles. The predicted octanol–water partition coefficient (Wildman–Crippen LogP) is 2.31. The lowest BCUT2D eigenvalue weighted by atomic mass is 10.2. The standard InChI is InChI=1S/C13H16N2O3/c1-13(2,3)18-12(17)15-7-9(8-16)10-4-5-14-6-11(10)15/h4-7,16H,8H2,1-3H3. The molecule has 18 heavy (non-hydrogen) atoms. The van der Waals surface area contributed by atoms with E-state index in [4.69, 9.17) is 4.74 Å². The molecule has 0 saturated carbocycles. The van der Waals surface area contributed by atoms with Crippen LogP contribution in [0.5, 0.6) is 0 Å². The maximum Gasteiger partial charge on any atom is 0.419 e. The van der Waals surface area contributed by atoms with Crippen molar-refractivity contribution in [3.05, 3.63) is 30.2 Å². The lowest BCUT2D eigenvalue weighted by Crippen LogP contribution is -2.26. The van der Waals surface area contributed by atoms with E-state index in [0.29, 0.717) is 11.1 Å². The van der Waals surface area contributed by atoms with E-state index < -0.39 is 11.7 Å². The number of nitrogens with zero attached hydrogens (tertiary/aromatic N) is 2. The zero-order valence-corrected chi connectivity index (χ0v) is 10.7. The van der Waals surface area contributed by atoms with Crippen molar-refractivity contribution >= 4 is 17.0 Å². The molecule has 0 radical (unpaired) electrons. The Kier molecular flexibility index (Phi) is 3.09. The third-order valence-corrected chi connectivity index (χ3v) is 2.45. The van der Waals surface area contributed by atoms with Gasteiger partial charge in [-0.1, -0.05) is 0 Å². The van der Waals surface area contributed by atoms with Gasteiger partial charge in [0.05, 0.1) is 18.3 Å². The Labute approximate surface area is 105 Å². The smallest absolute Gasteiger partial charge is 0.419 e. The van der Waals surface area contributed by atoms with E-state index in [1.165, 1.54) is 4.57 Å². The van der Waals surface area contributed by atoms with Crippen LogP contribution >= 0.6 is 0 Å². The molecule has 96 valence electrons. The number of ether oxygens (including phenoxy) is 1. The number of carbonyl (C=O) groups is 1. The average Bonchev–Trinajstić information content (AvgIpc) is 2.65. The van der Waals surface area contributed by atoms with Crippen LogP contribution < -0.4 is 0 Å². The van der Waals surface area contributed by atoms with Crippen molar-refractivity contribution in [3.63, 3.8) is 0 Å². The second-order valence-electron chi connectivity index (χ2n) is 5.06. The molecule has 0 amide bonds. The number of hydrogen-bond acceptors (Lipinski definition) is 4. The van der Waals surface area contributed by atoms with Crippen LogP contribution in [-0.4, -0.2) is 26.4 Å². The van der Waals surface area contributed by atoms with Crippen molar-refractivity contribution in [3.8, 4) is 0 Å². The average molecular weight is 248 g/mol. The molecule has 0 spiro atoms. The minimum atomic E-state index is -0.560. The Morgan fingerprint density at radius 2 is 2.22 bits per heavy atom. The molecule has 0 saturated heterocycles. The monoisotopic (exact) mass is 248 g/mol. The van der Waals surface area contributed by atoms with E-state index in [9.17, 15) is 9.90 Å². The molecule has 5 nitrogen and oxygen atoms in total. The van der Waals surface area contributed by atoms with Crippen molar-refractivity contribution in [1.29, 1.82) is 0 Å². The Balaban J connectivity index is 2.48. The van der Waals surface area contributed by atoms with E-state index in [0.717, 1.165) is 5.39 Å². The van der Waals surface area contributed by atoms with Crippen LogP contribution in [0.3, 0.4) is 0 Å². The van der Waals surface area contributed by atoms with Gasteiger partial charge >= 0.3 is 6.09 Å². The van der Waals surface area contributed by atoms with Gasteiger partial charge < -0.3 is 9.84 Å². The summed E-state index contributed by atoms with van der Waals surface area (Å²) in [6, 6.07) is 1.77. The molecule has 2 aromatic heterocycles. The summed E-state index contributed by atoms with van der Waals surface area (Å²) in [7, 11) is 0. The Hall–Kier alpha value is -1.88. The maximum absolute atomic E-state index is 12.0. The van der Waals surface area contributed by atoms with Crippen molar-refractivity contribution in [2.24, 2.45) is 0 Å². The van der Waals surface area contributed by atoms with E-state index in [1.807, 2.05) is 20.8 Å². The van der Waals surface area contributed by atoms with Crippen LogP contribution in [0.2, 0.25) is 0 Å². The number of aliphatic hydroxyl groups excluding tert-OH is 1. The first-order chi connectivity index (χ1) is 8.42. The topological polar surface area (TPSA) is 64.3 Å². The zero-order chi connectivity index (χ0) is 13.3. The van der Waals surface area contributed by atoms with E-state index in [2.05, 4.69) is 4.98 Å². The van der Waals surface area contributed by atoms with Gasteiger partial charge in [-0.2, -0.15) is 0 Å². The molecule has 2 heterocycles. The van der Waals surface area contributed by atoms with Crippen LogP contribution in [0, 0.1) is 0 Å². The van der Waals surface area contributed by atoms with Crippen molar-refractivity contribution in [2.45, 2.75) is 33.0 Å². The Bertz CT molecular complexity index is 581. The lowest BCUT2D eigenvalue weighted by Gasteiger charge is -2.19. The van der Waals surface area contributed by atoms with E-state index in [-0.39, 0.29) is 6.61 Å². The highest BCUT2D eigenvalue weighted by molar-refractivity contribution is 5.91. The molecule has 0 unspecified atom stereocenters. The summed E-state index contributed by atoms with van der Waals surface area (Å²) in [5.41, 5.74) is 0.754. The fourth-order valence-corrected chi connectivity index (χ4v) is 1.73. The minimum absolute atomic E-state index is 0.129. The van der Waals surface area contributed by atoms with Crippen molar-refractivity contribution in [2.75, 3.05) is 0 Å². The number of aromatic nitrogens is 2. The predicted molar refractivity (Wildman–Crippen MR) is 67.3 cm³/mol. The van der Waals surface area contributed by atoms with Gasteiger partial charge in [-0.3, -0.25) is 9.55 Å². The van der Waals surface area contributed by atoms with Crippen LogP contribution in [0.15, 0.2) is 24.7 Å². The van der Waals surface area contributed by atoms with Crippen LogP contribution in [0.4, 0.5) is 4.79 Å². The highest BCUT2D eigenvalue weighted by atomic mass is 16.6. The molecule has 0 aliphatic heterocycles. The van der Waals surface area contributed by atoms with Gasteiger partial charge in [0.2, 0.25) is 0 Å². The molecule has 2 rings (SSSR count). The van der Waals surface area contributed by atoms with Gasteiger partial charge in [0, 0.05) is 23.3 Å². The molecule has 0 bridgehead atoms. The number of hydrogen-bond donors (Lipinski definition) is 1. The fourth-order valence-electron chi connectivity index (χ4n) is 1.73. The molecule has 5 heteroatoms. The number of carbonyl (C=O) groups excluding carboxylic acids is 1. The molecular weight excluding hydrogens is 232 g/mol. The first-order valence-electron chi connectivity index (χ1n) is 5.70. The summed E-state index contributed by atoms with van der Waals surface area (Å²) in [6.07, 6.45) is 4.32. The summed E-state index contributed by atoms with van der Waals surface area (Å²) in [5, 5.41) is 10.1. The highest BCUT2D eigenvalue weighted by Crippen LogP contribution is 2.21. The van der Waals surface area contributed by atoms with Gasteiger partial charge in [0.15, 0.2) is 0 Å². The first-order valence-corrected chi connectivity index (χ1v) is 5.70.